The summed E-state index contributed by atoms with van der Waals surface area (Å²) < 4.78 is 0. The average molecular weight is 195 g/mol. The first-order valence-corrected chi connectivity index (χ1v) is 6.70. The molecule has 0 aromatic heterocycles. The van der Waals surface area contributed by atoms with Crippen LogP contribution in [0, 0.1) is 5.92 Å². The van der Waals surface area contributed by atoms with Crippen molar-refractivity contribution < 1.29 is 0 Å². The minimum atomic E-state index is 0.871. The van der Waals surface area contributed by atoms with E-state index in [9.17, 15) is 0 Å². The van der Waals surface area contributed by atoms with Crippen molar-refractivity contribution in [3.8, 4) is 0 Å². The summed E-state index contributed by atoms with van der Waals surface area (Å²) in [6.07, 6.45) is 14.7. The van der Waals surface area contributed by atoms with Crippen LogP contribution in [0.1, 0.15) is 64.2 Å². The minimum absolute atomic E-state index is 0.871. The summed E-state index contributed by atoms with van der Waals surface area (Å²) >= 11 is 0. The molecule has 14 heavy (non-hydrogen) atoms. The van der Waals surface area contributed by atoms with E-state index in [1.807, 2.05) is 0 Å². The van der Waals surface area contributed by atoms with E-state index in [1.54, 1.807) is 0 Å². The molecule has 82 valence electrons. The summed E-state index contributed by atoms with van der Waals surface area (Å²) in [7, 11) is 0. The summed E-state index contributed by atoms with van der Waals surface area (Å²) in [5, 5.41) is 3.79. The molecule has 1 heteroatoms. The normalized spacial score (nSPS) is 36.0. The second kappa shape index (κ2) is 5.75. The molecule has 1 aliphatic heterocycles. The zero-order valence-electron chi connectivity index (χ0n) is 9.43. The fourth-order valence-corrected chi connectivity index (χ4v) is 3.17. The van der Waals surface area contributed by atoms with E-state index in [2.05, 4.69) is 5.32 Å². The van der Waals surface area contributed by atoms with Crippen LogP contribution >= 0.6 is 0 Å². The zero-order valence-corrected chi connectivity index (χ0v) is 9.43. The van der Waals surface area contributed by atoms with E-state index in [1.165, 1.54) is 70.8 Å². The van der Waals surface area contributed by atoms with Crippen molar-refractivity contribution in [1.82, 2.24) is 5.32 Å². The highest BCUT2D eigenvalue weighted by atomic mass is 14.9. The topological polar surface area (TPSA) is 12.0 Å². The molecule has 1 N–H and O–H groups in total. The van der Waals surface area contributed by atoms with Gasteiger partial charge in [0.15, 0.2) is 0 Å². The number of fused-ring (bicyclic) bond motifs is 1. The number of nitrogens with one attached hydrogen (secondary N) is 1. The molecule has 1 saturated carbocycles. The highest BCUT2D eigenvalue weighted by Crippen LogP contribution is 2.28. The van der Waals surface area contributed by atoms with Crippen molar-refractivity contribution in [2.45, 2.75) is 70.3 Å². The molecular weight excluding hydrogens is 170 g/mol. The van der Waals surface area contributed by atoms with E-state index in [0.717, 1.165) is 12.0 Å². The highest BCUT2D eigenvalue weighted by Gasteiger charge is 2.22. The van der Waals surface area contributed by atoms with E-state index >= 15 is 0 Å². The predicted molar refractivity (Wildman–Crippen MR) is 61.5 cm³/mol. The molecule has 1 nitrogen and oxygen atoms in total. The van der Waals surface area contributed by atoms with Gasteiger partial charge in [-0.05, 0) is 38.1 Å². The largest absolute Gasteiger partial charge is 0.314 e. The van der Waals surface area contributed by atoms with Gasteiger partial charge in [0.25, 0.3) is 0 Å². The summed E-state index contributed by atoms with van der Waals surface area (Å²) in [5.74, 6) is 1.01. The molecule has 1 saturated heterocycles. The van der Waals surface area contributed by atoms with Crippen LogP contribution in [0.25, 0.3) is 0 Å². The van der Waals surface area contributed by atoms with Crippen LogP contribution in [0.3, 0.4) is 0 Å². The van der Waals surface area contributed by atoms with Crippen molar-refractivity contribution in [2.24, 2.45) is 5.92 Å². The van der Waals surface area contributed by atoms with Crippen LogP contribution in [0.15, 0.2) is 0 Å². The Morgan fingerprint density at radius 3 is 2.07 bits per heavy atom. The first kappa shape index (κ1) is 10.5. The maximum Gasteiger partial charge on any atom is 0.00953 e. The van der Waals surface area contributed by atoms with Gasteiger partial charge in [-0.3, -0.25) is 0 Å². The third-order valence-corrected chi connectivity index (χ3v) is 4.07. The molecule has 0 spiro atoms. The highest BCUT2D eigenvalue weighted by molar-refractivity contribution is 4.80. The summed E-state index contributed by atoms with van der Waals surface area (Å²) in [4.78, 5) is 0. The van der Waals surface area contributed by atoms with Crippen LogP contribution in [-0.4, -0.2) is 12.6 Å². The molecule has 2 rings (SSSR count). The average Bonchev–Trinajstić information content (AvgIpc) is 2.13. The Kier molecular flexibility index (Phi) is 4.30. The molecule has 2 atom stereocenters. The van der Waals surface area contributed by atoms with Crippen molar-refractivity contribution >= 4 is 0 Å². The van der Waals surface area contributed by atoms with Crippen LogP contribution in [0.4, 0.5) is 0 Å². The molecule has 0 radical (unpaired) electrons. The molecule has 2 fully saturated rings. The van der Waals surface area contributed by atoms with Gasteiger partial charge in [-0.1, -0.05) is 38.5 Å². The molecule has 0 amide bonds. The third kappa shape index (κ3) is 2.98. The van der Waals surface area contributed by atoms with Gasteiger partial charge in [-0.2, -0.15) is 0 Å². The van der Waals surface area contributed by atoms with Crippen LogP contribution in [0.2, 0.25) is 0 Å². The van der Waals surface area contributed by atoms with Crippen LogP contribution in [-0.2, 0) is 0 Å². The Balaban J connectivity index is 1.89. The minimum Gasteiger partial charge on any atom is -0.314 e. The lowest BCUT2D eigenvalue weighted by molar-refractivity contribution is 0.250. The van der Waals surface area contributed by atoms with Crippen molar-refractivity contribution in [3.05, 3.63) is 0 Å². The molecule has 0 bridgehead atoms. The Morgan fingerprint density at radius 2 is 1.29 bits per heavy atom. The van der Waals surface area contributed by atoms with Crippen molar-refractivity contribution in [3.63, 3.8) is 0 Å². The lowest BCUT2D eigenvalue weighted by atomic mass is 9.82. The van der Waals surface area contributed by atoms with Gasteiger partial charge < -0.3 is 5.32 Å². The summed E-state index contributed by atoms with van der Waals surface area (Å²) in [6, 6.07) is 0.871. The predicted octanol–water partition coefficient (Wildman–Crippen LogP) is 3.49. The van der Waals surface area contributed by atoms with Crippen LogP contribution in [0.5, 0.6) is 0 Å². The second-order valence-electron chi connectivity index (χ2n) is 5.16. The quantitative estimate of drug-likeness (QED) is 0.624. The first-order chi connectivity index (χ1) is 6.97. The van der Waals surface area contributed by atoms with Gasteiger partial charge in [0.2, 0.25) is 0 Å². The van der Waals surface area contributed by atoms with Crippen molar-refractivity contribution in [2.75, 3.05) is 6.54 Å². The molecule has 0 aromatic rings. The van der Waals surface area contributed by atoms with Gasteiger partial charge in [0.1, 0.15) is 0 Å². The number of rotatable bonds is 0. The first-order valence-electron chi connectivity index (χ1n) is 6.70. The Hall–Kier alpha value is -0.0400. The fourth-order valence-electron chi connectivity index (χ4n) is 3.17. The Bertz CT molecular complexity index is 121. The van der Waals surface area contributed by atoms with Crippen LogP contribution < -0.4 is 5.32 Å². The fraction of sp³-hybridized carbons (Fsp3) is 1.00. The van der Waals surface area contributed by atoms with E-state index in [0.29, 0.717) is 0 Å². The smallest absolute Gasteiger partial charge is 0.00953 e. The Morgan fingerprint density at radius 1 is 0.643 bits per heavy atom. The monoisotopic (exact) mass is 195 g/mol. The molecule has 1 heterocycles. The second-order valence-corrected chi connectivity index (χ2v) is 5.16. The third-order valence-electron chi connectivity index (χ3n) is 4.07. The molecular formula is C13H25N. The molecule has 1 aliphatic carbocycles. The van der Waals surface area contributed by atoms with Gasteiger partial charge >= 0.3 is 0 Å². The zero-order chi connectivity index (χ0) is 9.64. The van der Waals surface area contributed by atoms with Gasteiger partial charge in [-0.25, -0.2) is 0 Å². The van der Waals surface area contributed by atoms with Gasteiger partial charge in [0, 0.05) is 6.04 Å². The summed E-state index contributed by atoms with van der Waals surface area (Å²) in [5.41, 5.74) is 0. The summed E-state index contributed by atoms with van der Waals surface area (Å²) in [6.45, 7) is 1.28. The maximum atomic E-state index is 3.79. The standard InChI is InChI=1S/C13H25N/c1-2-6-10-13-12(8-4-1)9-5-3-7-11-14-13/h12-14H,1-11H2. The van der Waals surface area contributed by atoms with E-state index in [4.69, 9.17) is 0 Å². The van der Waals surface area contributed by atoms with E-state index < -0.39 is 0 Å². The number of hydrogen-bond acceptors (Lipinski definition) is 1. The molecule has 0 aromatic carbocycles. The Labute approximate surface area is 88.7 Å². The lowest BCUT2D eigenvalue weighted by Crippen LogP contribution is -2.38. The molecule has 2 unspecified atom stereocenters. The molecule has 2 aliphatic rings. The SMILES string of the molecule is C1CCCC2NCCCCCC2CC1. The maximum absolute atomic E-state index is 3.79. The number of hydrogen-bond donors (Lipinski definition) is 1. The van der Waals surface area contributed by atoms with Gasteiger partial charge in [0.05, 0.1) is 0 Å². The van der Waals surface area contributed by atoms with Gasteiger partial charge in [-0.15, -0.1) is 0 Å². The van der Waals surface area contributed by atoms with E-state index in [-0.39, 0.29) is 0 Å². The lowest BCUT2D eigenvalue weighted by Gasteiger charge is -2.32. The van der Waals surface area contributed by atoms with Crippen molar-refractivity contribution in [1.29, 1.82) is 0 Å².